The molecular formula is C24H28F2N4O6. The number of carbonyl (C=O) groups is 2. The number of carboxylic acid groups (broad SMARTS) is 1. The Kier molecular flexibility index (Phi) is 7.73. The maximum absolute atomic E-state index is 12.9. The Labute approximate surface area is 206 Å². The number of nitrogens with zero attached hydrogens (tertiary/aromatic N) is 2. The number of halogens is 2. The fourth-order valence-corrected chi connectivity index (χ4v) is 3.69. The van der Waals surface area contributed by atoms with Gasteiger partial charge < -0.3 is 34.9 Å². The second-order valence-electron chi connectivity index (χ2n) is 8.84. The largest absolute Gasteiger partial charge is 0.489 e. The van der Waals surface area contributed by atoms with Crippen LogP contribution in [0.3, 0.4) is 0 Å². The van der Waals surface area contributed by atoms with Crippen LogP contribution in [0.1, 0.15) is 48.5 Å². The summed E-state index contributed by atoms with van der Waals surface area (Å²) in [5.41, 5.74) is 7.33. The Morgan fingerprint density at radius 3 is 2.72 bits per heavy atom. The predicted molar refractivity (Wildman–Crippen MR) is 124 cm³/mol. The third-order valence-corrected chi connectivity index (χ3v) is 5.91. The van der Waals surface area contributed by atoms with Crippen molar-refractivity contribution in [3.8, 4) is 23.0 Å². The molecule has 1 aliphatic carbocycles. The SMILES string of the molecule is CC(N)c1oc(-c2ccc(OC(F)F)c(OCC3CC3)c2)nc1C(=O)NCC1=CCN(C(=O)O)CC1. The van der Waals surface area contributed by atoms with Gasteiger partial charge in [-0.1, -0.05) is 11.6 Å². The van der Waals surface area contributed by atoms with Crippen LogP contribution in [0.5, 0.6) is 11.5 Å². The van der Waals surface area contributed by atoms with E-state index < -0.39 is 24.7 Å². The van der Waals surface area contributed by atoms with Gasteiger partial charge in [0.1, 0.15) is 0 Å². The zero-order chi connectivity index (χ0) is 25.8. The van der Waals surface area contributed by atoms with Crippen LogP contribution in [0.2, 0.25) is 0 Å². The van der Waals surface area contributed by atoms with E-state index in [1.165, 1.54) is 23.1 Å². The summed E-state index contributed by atoms with van der Waals surface area (Å²) < 4.78 is 41.7. The van der Waals surface area contributed by atoms with Crippen LogP contribution in [0.25, 0.3) is 11.5 Å². The first-order chi connectivity index (χ1) is 17.2. The second kappa shape index (κ2) is 10.9. The number of alkyl halides is 2. The summed E-state index contributed by atoms with van der Waals surface area (Å²) in [7, 11) is 0. The first kappa shape index (κ1) is 25.4. The Balaban J connectivity index is 1.51. The molecule has 2 aliphatic rings. The molecule has 1 aromatic carbocycles. The molecule has 1 saturated carbocycles. The molecule has 2 amide bonds. The number of nitrogens with one attached hydrogen (secondary N) is 1. The predicted octanol–water partition coefficient (Wildman–Crippen LogP) is 3.79. The van der Waals surface area contributed by atoms with Crippen LogP contribution in [-0.2, 0) is 0 Å². The number of benzene rings is 1. The summed E-state index contributed by atoms with van der Waals surface area (Å²) in [4.78, 5) is 29.6. The molecule has 194 valence electrons. The highest BCUT2D eigenvalue weighted by atomic mass is 19.3. The number of ether oxygens (including phenoxy) is 2. The van der Waals surface area contributed by atoms with Gasteiger partial charge in [-0.25, -0.2) is 9.78 Å². The smallest absolute Gasteiger partial charge is 0.407 e. The van der Waals surface area contributed by atoms with Gasteiger partial charge in [0.15, 0.2) is 23.0 Å². The monoisotopic (exact) mass is 506 g/mol. The maximum Gasteiger partial charge on any atom is 0.407 e. The lowest BCUT2D eigenvalue weighted by Crippen LogP contribution is -2.36. The lowest BCUT2D eigenvalue weighted by atomic mass is 10.1. The summed E-state index contributed by atoms with van der Waals surface area (Å²) in [5, 5.41) is 11.8. The molecule has 2 aromatic rings. The number of hydrogen-bond acceptors (Lipinski definition) is 7. The average Bonchev–Trinajstić information content (AvgIpc) is 3.56. The van der Waals surface area contributed by atoms with Crippen molar-refractivity contribution in [1.82, 2.24) is 15.2 Å². The van der Waals surface area contributed by atoms with E-state index in [-0.39, 0.29) is 41.9 Å². The molecule has 1 aliphatic heterocycles. The molecular weight excluding hydrogens is 478 g/mol. The number of aromatic nitrogens is 1. The Morgan fingerprint density at radius 1 is 1.33 bits per heavy atom. The Morgan fingerprint density at radius 2 is 2.11 bits per heavy atom. The minimum Gasteiger partial charge on any atom is -0.489 e. The van der Waals surface area contributed by atoms with Crippen LogP contribution >= 0.6 is 0 Å². The van der Waals surface area contributed by atoms with Gasteiger partial charge in [0, 0.05) is 25.2 Å². The lowest BCUT2D eigenvalue weighted by molar-refractivity contribution is -0.0515. The summed E-state index contributed by atoms with van der Waals surface area (Å²) in [6.07, 6.45) is 3.34. The van der Waals surface area contributed by atoms with Crippen LogP contribution in [0, 0.1) is 5.92 Å². The molecule has 10 nitrogen and oxygen atoms in total. The first-order valence-corrected chi connectivity index (χ1v) is 11.6. The van der Waals surface area contributed by atoms with E-state index in [1.807, 2.05) is 0 Å². The minimum atomic E-state index is -3.01. The van der Waals surface area contributed by atoms with E-state index in [9.17, 15) is 18.4 Å². The highest BCUT2D eigenvalue weighted by Crippen LogP contribution is 2.37. The summed E-state index contributed by atoms with van der Waals surface area (Å²) >= 11 is 0. The molecule has 0 spiro atoms. The molecule has 4 N–H and O–H groups in total. The highest BCUT2D eigenvalue weighted by molar-refractivity contribution is 5.94. The quantitative estimate of drug-likeness (QED) is 0.414. The van der Waals surface area contributed by atoms with Crippen molar-refractivity contribution in [2.75, 3.05) is 26.2 Å². The van der Waals surface area contributed by atoms with Gasteiger partial charge in [-0.3, -0.25) is 4.79 Å². The van der Waals surface area contributed by atoms with E-state index in [4.69, 9.17) is 20.0 Å². The zero-order valence-electron chi connectivity index (χ0n) is 19.7. The van der Waals surface area contributed by atoms with E-state index in [0.717, 1.165) is 18.4 Å². The summed E-state index contributed by atoms with van der Waals surface area (Å²) in [5.74, 6) is 0.175. The molecule has 0 radical (unpaired) electrons. The van der Waals surface area contributed by atoms with Gasteiger partial charge in [-0.2, -0.15) is 8.78 Å². The topological polar surface area (TPSA) is 140 Å². The lowest BCUT2D eigenvalue weighted by Gasteiger charge is -2.23. The van der Waals surface area contributed by atoms with Gasteiger partial charge in [-0.05, 0) is 50.3 Å². The van der Waals surface area contributed by atoms with E-state index in [1.54, 1.807) is 13.0 Å². The van der Waals surface area contributed by atoms with E-state index >= 15 is 0 Å². The van der Waals surface area contributed by atoms with Gasteiger partial charge in [-0.15, -0.1) is 0 Å². The zero-order valence-corrected chi connectivity index (χ0v) is 19.7. The van der Waals surface area contributed by atoms with Gasteiger partial charge in [0.05, 0.1) is 12.6 Å². The van der Waals surface area contributed by atoms with Crippen LogP contribution in [-0.4, -0.2) is 59.8 Å². The van der Waals surface area contributed by atoms with Crippen LogP contribution < -0.4 is 20.5 Å². The minimum absolute atomic E-state index is 0.0110. The van der Waals surface area contributed by atoms with Gasteiger partial charge in [0.25, 0.3) is 5.91 Å². The first-order valence-electron chi connectivity index (χ1n) is 11.6. The van der Waals surface area contributed by atoms with Crippen molar-refractivity contribution in [2.24, 2.45) is 11.7 Å². The third-order valence-electron chi connectivity index (χ3n) is 5.91. The average molecular weight is 507 g/mol. The Bertz CT molecular complexity index is 1150. The normalized spacial score (nSPS) is 16.5. The van der Waals surface area contributed by atoms with Crippen LogP contribution in [0.4, 0.5) is 13.6 Å². The van der Waals surface area contributed by atoms with E-state index in [0.29, 0.717) is 31.1 Å². The molecule has 1 unspecified atom stereocenters. The highest BCUT2D eigenvalue weighted by Gasteiger charge is 2.26. The van der Waals surface area contributed by atoms with Crippen LogP contribution in [0.15, 0.2) is 34.3 Å². The molecule has 2 heterocycles. The molecule has 1 aromatic heterocycles. The number of rotatable bonds is 10. The molecule has 0 bridgehead atoms. The number of amides is 2. The Hall–Kier alpha value is -3.67. The van der Waals surface area contributed by atoms with Crippen molar-refractivity contribution >= 4 is 12.0 Å². The number of hydrogen-bond donors (Lipinski definition) is 3. The molecule has 1 atom stereocenters. The van der Waals surface area contributed by atoms with Crippen molar-refractivity contribution in [2.45, 2.75) is 38.8 Å². The fraction of sp³-hybridized carbons (Fsp3) is 0.458. The fourth-order valence-electron chi connectivity index (χ4n) is 3.69. The van der Waals surface area contributed by atoms with Crippen molar-refractivity contribution in [1.29, 1.82) is 0 Å². The molecule has 12 heteroatoms. The van der Waals surface area contributed by atoms with E-state index in [2.05, 4.69) is 15.0 Å². The molecule has 1 fully saturated rings. The molecule has 0 saturated heterocycles. The molecule has 4 rings (SSSR count). The summed E-state index contributed by atoms with van der Waals surface area (Å²) in [6, 6.07) is 3.67. The number of nitrogens with two attached hydrogens (primary N) is 1. The maximum atomic E-state index is 12.9. The third kappa shape index (κ3) is 6.30. The van der Waals surface area contributed by atoms with Gasteiger partial charge >= 0.3 is 12.7 Å². The van der Waals surface area contributed by atoms with Crippen molar-refractivity contribution < 1.29 is 37.4 Å². The summed E-state index contributed by atoms with van der Waals surface area (Å²) in [6.45, 7) is -0.135. The van der Waals surface area contributed by atoms with Crippen molar-refractivity contribution in [3.05, 3.63) is 41.3 Å². The second-order valence-corrected chi connectivity index (χ2v) is 8.84. The number of carbonyl (C=O) groups excluding carboxylic acids is 1. The standard InChI is InChI=1S/C24H28F2N4O6/c1-13(27)20-19(21(31)28-11-14-6-8-30(9-7-14)24(32)33)29-22(36-20)16-4-5-17(35-23(25)26)18(10-16)34-12-15-2-3-15/h4-6,10,13,15,23H,2-3,7-9,11-12,27H2,1H3,(H,28,31)(H,32,33). The van der Waals surface area contributed by atoms with Crippen molar-refractivity contribution in [3.63, 3.8) is 0 Å². The number of oxazole rings is 1. The van der Waals surface area contributed by atoms with Gasteiger partial charge in [0.2, 0.25) is 5.89 Å². The molecule has 36 heavy (non-hydrogen) atoms.